The van der Waals surface area contributed by atoms with Crippen molar-refractivity contribution in [2.75, 3.05) is 5.32 Å². The maximum Gasteiger partial charge on any atom is 0.317 e. The summed E-state index contributed by atoms with van der Waals surface area (Å²) in [5.74, 6) is -1.37. The number of halogens is 1. The normalized spacial score (nSPS) is 15.0. The van der Waals surface area contributed by atoms with E-state index in [9.17, 15) is 14.0 Å². The molecular weight excluding hydrogens is 373 g/mol. The fourth-order valence-corrected chi connectivity index (χ4v) is 3.15. The zero-order valence-corrected chi connectivity index (χ0v) is 15.7. The third kappa shape index (κ3) is 3.96. The van der Waals surface area contributed by atoms with Crippen molar-refractivity contribution < 1.29 is 14.0 Å². The number of nitrogens with one attached hydrogen (secondary N) is 2. The lowest BCUT2D eigenvalue weighted by atomic mass is 10.0. The molecule has 0 bridgehead atoms. The first-order chi connectivity index (χ1) is 14.0. The fourth-order valence-electron chi connectivity index (χ4n) is 3.15. The minimum absolute atomic E-state index is 0.0256. The van der Waals surface area contributed by atoms with Crippen LogP contribution >= 0.6 is 0 Å². The van der Waals surface area contributed by atoms with Gasteiger partial charge in [0.2, 0.25) is 5.82 Å². The van der Waals surface area contributed by atoms with Gasteiger partial charge in [0.1, 0.15) is 17.4 Å². The number of hydrogen-bond acceptors (Lipinski definition) is 4. The molecule has 3 aromatic rings. The van der Waals surface area contributed by atoms with E-state index in [2.05, 4.69) is 25.5 Å². The van der Waals surface area contributed by atoms with Crippen molar-refractivity contribution in [1.82, 2.24) is 15.2 Å². The predicted octanol–water partition coefficient (Wildman–Crippen LogP) is 3.01. The smallest absolute Gasteiger partial charge is 0.317 e. The average Bonchev–Trinajstić information content (AvgIpc) is 3.12. The number of amides is 2. The summed E-state index contributed by atoms with van der Waals surface area (Å²) in [6, 6.07) is 13.1. The van der Waals surface area contributed by atoms with Gasteiger partial charge < -0.3 is 5.32 Å². The highest BCUT2D eigenvalue weighted by atomic mass is 19.1. The minimum Gasteiger partial charge on any atom is -0.318 e. The molecule has 2 aromatic carbocycles. The number of fused-ring (bicyclic) bond motifs is 1. The molecule has 1 aliphatic rings. The van der Waals surface area contributed by atoms with Crippen LogP contribution in [0.2, 0.25) is 0 Å². The van der Waals surface area contributed by atoms with Crippen LogP contribution in [0.4, 0.5) is 10.1 Å². The van der Waals surface area contributed by atoms with Gasteiger partial charge in [-0.2, -0.15) is 0 Å². The Morgan fingerprint density at radius 1 is 1.17 bits per heavy atom. The monoisotopic (exact) mass is 391 g/mol. The first kappa shape index (κ1) is 18.7. The maximum atomic E-state index is 14.3. The molecule has 0 atom stereocenters. The number of aromatic amines is 1. The zero-order valence-electron chi connectivity index (χ0n) is 15.7. The number of hydrogen-bond donors (Lipinski definition) is 2. The lowest BCUT2D eigenvalue weighted by molar-refractivity contribution is -0.110. The van der Waals surface area contributed by atoms with Gasteiger partial charge in [-0.25, -0.2) is 14.4 Å². The van der Waals surface area contributed by atoms with Gasteiger partial charge in [-0.05, 0) is 36.5 Å². The molecule has 0 fully saturated rings. The molecule has 0 unspecified atom stereocenters. The Morgan fingerprint density at radius 3 is 2.76 bits per heavy atom. The second kappa shape index (κ2) is 7.75. The van der Waals surface area contributed by atoms with Crippen LogP contribution in [-0.4, -0.2) is 32.7 Å². The summed E-state index contributed by atoms with van der Waals surface area (Å²) in [5, 5.41) is 9.16. The third-order valence-electron chi connectivity index (χ3n) is 4.73. The van der Waals surface area contributed by atoms with Crippen molar-refractivity contribution >= 4 is 23.2 Å². The molecule has 7 nitrogen and oxygen atoms in total. The highest BCUT2D eigenvalue weighted by Crippen LogP contribution is 2.26. The second-order valence-corrected chi connectivity index (χ2v) is 6.82. The van der Waals surface area contributed by atoms with Crippen LogP contribution in [0.1, 0.15) is 39.6 Å². The summed E-state index contributed by atoms with van der Waals surface area (Å²) in [5.41, 5.74) is 2.30. The van der Waals surface area contributed by atoms with Gasteiger partial charge in [0, 0.05) is 6.42 Å². The molecule has 0 saturated carbocycles. The highest BCUT2D eigenvalue weighted by molar-refractivity contribution is 6.45. The zero-order chi connectivity index (χ0) is 20.4. The maximum absolute atomic E-state index is 14.3. The number of aromatic nitrogens is 3. The number of carbonyl (C=O) groups excluding carboxylic acids is 2. The van der Waals surface area contributed by atoms with E-state index >= 15 is 0 Å². The summed E-state index contributed by atoms with van der Waals surface area (Å²) in [6.07, 6.45) is 1.10. The molecule has 2 heterocycles. The largest absolute Gasteiger partial charge is 0.318 e. The van der Waals surface area contributed by atoms with E-state index in [1.165, 1.54) is 0 Å². The molecule has 8 heteroatoms. The van der Waals surface area contributed by atoms with E-state index in [0.29, 0.717) is 29.8 Å². The molecule has 0 saturated heterocycles. The van der Waals surface area contributed by atoms with E-state index in [-0.39, 0.29) is 23.6 Å². The molecule has 4 rings (SSSR count). The first-order valence-corrected chi connectivity index (χ1v) is 9.17. The number of anilines is 1. The van der Waals surface area contributed by atoms with Crippen molar-refractivity contribution in [3.63, 3.8) is 0 Å². The number of aliphatic imine (C=N–C) groups is 1. The molecule has 0 radical (unpaired) electrons. The van der Waals surface area contributed by atoms with Crippen LogP contribution in [0.25, 0.3) is 0 Å². The molecule has 0 aliphatic carbocycles. The minimum atomic E-state index is -0.715. The van der Waals surface area contributed by atoms with Crippen molar-refractivity contribution in [3.8, 4) is 0 Å². The van der Waals surface area contributed by atoms with Gasteiger partial charge in [0.15, 0.2) is 0 Å². The molecule has 0 spiro atoms. The number of nitrogens with zero attached hydrogens (tertiary/aromatic N) is 3. The van der Waals surface area contributed by atoms with Crippen LogP contribution in [0, 0.1) is 12.7 Å². The predicted molar refractivity (Wildman–Crippen MR) is 105 cm³/mol. The highest BCUT2D eigenvalue weighted by Gasteiger charge is 2.24. The van der Waals surface area contributed by atoms with Crippen LogP contribution in [-0.2, 0) is 17.6 Å². The molecule has 2 amide bonds. The van der Waals surface area contributed by atoms with Gasteiger partial charge in [-0.3, -0.25) is 14.7 Å². The van der Waals surface area contributed by atoms with E-state index in [0.717, 1.165) is 5.56 Å². The molecular formula is C21H18FN5O2. The van der Waals surface area contributed by atoms with E-state index in [4.69, 9.17) is 0 Å². The summed E-state index contributed by atoms with van der Waals surface area (Å²) in [7, 11) is 0. The summed E-state index contributed by atoms with van der Waals surface area (Å²) >= 11 is 0. The van der Waals surface area contributed by atoms with Gasteiger partial charge in [0.25, 0.3) is 5.91 Å². The Kier molecular flexibility index (Phi) is 4.99. The summed E-state index contributed by atoms with van der Waals surface area (Å²) in [4.78, 5) is 33.0. The number of aryl methyl sites for hydroxylation is 2. The second-order valence-electron chi connectivity index (χ2n) is 6.82. The van der Waals surface area contributed by atoms with Crippen LogP contribution in [0.5, 0.6) is 0 Å². The lowest BCUT2D eigenvalue weighted by Crippen LogP contribution is -2.23. The summed E-state index contributed by atoms with van der Waals surface area (Å²) < 4.78 is 14.3. The van der Waals surface area contributed by atoms with Gasteiger partial charge in [0.05, 0.1) is 5.69 Å². The van der Waals surface area contributed by atoms with E-state index in [1.54, 1.807) is 19.1 Å². The van der Waals surface area contributed by atoms with Crippen molar-refractivity contribution in [1.29, 1.82) is 0 Å². The Morgan fingerprint density at radius 2 is 1.97 bits per heavy atom. The standard InChI is InChI=1S/C21H18FN5O2/c1-12-7-8-14-9-10-15(20(28)25-18(14)17(12)22)23-21(29)19-24-16(26-27-19)11-13-5-3-2-4-6-13/h2-8H,9-11H2,1H3,(H,25,28)(H,24,26,27). The Bertz CT molecular complexity index is 1120. The number of rotatable bonds is 3. The quantitative estimate of drug-likeness (QED) is 0.717. The number of benzene rings is 2. The molecule has 1 aromatic heterocycles. The van der Waals surface area contributed by atoms with Crippen molar-refractivity contribution in [2.24, 2.45) is 4.99 Å². The third-order valence-corrected chi connectivity index (χ3v) is 4.73. The average molecular weight is 391 g/mol. The lowest BCUT2D eigenvalue weighted by Gasteiger charge is -2.09. The Balaban J connectivity index is 1.52. The summed E-state index contributed by atoms with van der Waals surface area (Å²) in [6.45, 7) is 1.63. The van der Waals surface area contributed by atoms with Crippen LogP contribution in [0.3, 0.4) is 0 Å². The topological polar surface area (TPSA) is 100 Å². The van der Waals surface area contributed by atoms with Crippen LogP contribution in [0.15, 0.2) is 47.5 Å². The number of carbonyl (C=O) groups is 2. The van der Waals surface area contributed by atoms with Crippen molar-refractivity contribution in [2.45, 2.75) is 26.2 Å². The van der Waals surface area contributed by atoms with Gasteiger partial charge >= 0.3 is 5.91 Å². The van der Waals surface area contributed by atoms with E-state index < -0.39 is 17.6 Å². The van der Waals surface area contributed by atoms with Gasteiger partial charge in [-0.15, -0.1) is 5.10 Å². The molecule has 2 N–H and O–H groups in total. The van der Waals surface area contributed by atoms with Crippen molar-refractivity contribution in [3.05, 3.63) is 76.6 Å². The SMILES string of the molecule is Cc1ccc2c(c1F)NC(=O)C(=NC(=O)c1n[nH]c(Cc3ccccc3)n1)CC2. The van der Waals surface area contributed by atoms with E-state index in [1.807, 2.05) is 30.3 Å². The number of H-pyrrole nitrogens is 1. The Labute approximate surface area is 166 Å². The molecule has 146 valence electrons. The molecule has 29 heavy (non-hydrogen) atoms. The first-order valence-electron chi connectivity index (χ1n) is 9.17. The van der Waals surface area contributed by atoms with Crippen LogP contribution < -0.4 is 5.32 Å². The van der Waals surface area contributed by atoms with Gasteiger partial charge in [-0.1, -0.05) is 42.5 Å². The fraction of sp³-hybridized carbons (Fsp3) is 0.190. The molecule has 1 aliphatic heterocycles. The Hall–Kier alpha value is -3.68.